The maximum atomic E-state index is 9.53. The van der Waals surface area contributed by atoms with Crippen molar-refractivity contribution in [2.24, 2.45) is 0 Å². The van der Waals surface area contributed by atoms with E-state index in [2.05, 4.69) is 17.1 Å². The number of H-pyrrole nitrogens is 1. The second kappa shape index (κ2) is 5.79. The Hall–Kier alpha value is -1.99. The minimum Gasteiger partial charge on any atom is -0.497 e. The number of nitrogens with zero attached hydrogens (tertiary/aromatic N) is 1. The predicted molar refractivity (Wildman–Crippen MR) is 83.5 cm³/mol. The summed E-state index contributed by atoms with van der Waals surface area (Å²) in [6.07, 6.45) is 4.47. The normalized spacial score (nSPS) is 13.8. The Morgan fingerprint density at radius 3 is 2.52 bits per heavy atom. The quantitative estimate of drug-likeness (QED) is 0.809. The molecule has 0 aliphatic heterocycles. The van der Waals surface area contributed by atoms with Crippen LogP contribution in [0.3, 0.4) is 0 Å². The van der Waals surface area contributed by atoms with Crippen LogP contribution in [-0.2, 0) is 0 Å². The zero-order valence-corrected chi connectivity index (χ0v) is 13.0. The second-order valence-corrected chi connectivity index (χ2v) is 5.98. The molecule has 1 fully saturated rings. The van der Waals surface area contributed by atoms with Crippen molar-refractivity contribution in [3.8, 4) is 22.9 Å². The fraction of sp³-hybridized carbons (Fsp3) is 0.294. The van der Waals surface area contributed by atoms with E-state index in [9.17, 15) is 5.26 Å². The molecule has 0 unspecified atom stereocenters. The van der Waals surface area contributed by atoms with E-state index in [0.29, 0.717) is 5.92 Å². The molecule has 0 atom stereocenters. The van der Waals surface area contributed by atoms with Crippen LogP contribution in [0.4, 0.5) is 0 Å². The first-order valence-electron chi connectivity index (χ1n) is 6.95. The topological polar surface area (TPSA) is 47.2 Å². The van der Waals surface area contributed by atoms with Gasteiger partial charge in [-0.15, -0.1) is 0 Å². The van der Waals surface area contributed by atoms with Crippen LogP contribution in [0.25, 0.3) is 11.1 Å². The van der Waals surface area contributed by atoms with E-state index in [-0.39, 0.29) is 0 Å². The van der Waals surface area contributed by atoms with Crippen molar-refractivity contribution in [3.05, 3.63) is 41.6 Å². The van der Waals surface area contributed by atoms with E-state index in [1.807, 2.05) is 30.5 Å². The number of methoxy groups -OCH3 is 1. The average molecular weight is 297 g/mol. The summed E-state index contributed by atoms with van der Waals surface area (Å²) in [5, 5.41) is 10.5. The molecule has 0 spiro atoms. The molecule has 4 heteroatoms. The summed E-state index contributed by atoms with van der Waals surface area (Å²) < 4.78 is 5.20. The number of hydrogen-bond acceptors (Lipinski definition) is 3. The first-order chi connectivity index (χ1) is 10.3. The molecule has 106 valence electrons. The van der Waals surface area contributed by atoms with Gasteiger partial charge in [-0.3, -0.25) is 0 Å². The molecule has 1 saturated carbocycles. The van der Waals surface area contributed by atoms with E-state index in [0.717, 1.165) is 27.5 Å². The average Bonchev–Trinajstić information content (AvgIpc) is 3.38. The van der Waals surface area contributed by atoms with E-state index in [1.165, 1.54) is 18.5 Å². The number of aromatic amines is 1. The highest BCUT2D eigenvalue weighted by Crippen LogP contribution is 2.40. The molecule has 3 rings (SSSR count). The van der Waals surface area contributed by atoms with E-state index in [1.54, 1.807) is 18.9 Å². The summed E-state index contributed by atoms with van der Waals surface area (Å²) in [5.74, 6) is 1.45. The van der Waals surface area contributed by atoms with Gasteiger partial charge in [0, 0.05) is 17.5 Å². The van der Waals surface area contributed by atoms with Crippen molar-refractivity contribution in [1.29, 1.82) is 5.26 Å². The summed E-state index contributed by atoms with van der Waals surface area (Å²) in [6, 6.07) is 12.4. The Balaban J connectivity index is 2.14. The zero-order valence-electron chi connectivity index (χ0n) is 12.1. The van der Waals surface area contributed by atoms with E-state index < -0.39 is 0 Å². The van der Waals surface area contributed by atoms with Crippen LogP contribution in [0.15, 0.2) is 35.4 Å². The standard InChI is InChI=1S/C17H16N2OS/c1-20-13-7-5-11(6-8-13)14-9-16(12-3-4-12)19-17(21-2)15(14)10-18/h5-9,12H,3-4H2,1-2H3/p+1. The zero-order chi connectivity index (χ0) is 14.8. The lowest BCUT2D eigenvalue weighted by Gasteiger charge is -2.07. The summed E-state index contributed by atoms with van der Waals surface area (Å²) >= 11 is 1.59. The minimum atomic E-state index is 0.626. The smallest absolute Gasteiger partial charge is 0.256 e. The molecule has 1 aliphatic rings. The molecule has 0 radical (unpaired) electrons. The first kappa shape index (κ1) is 14.0. The number of benzene rings is 1. The number of ether oxygens (including phenoxy) is 1. The maximum absolute atomic E-state index is 9.53. The monoisotopic (exact) mass is 297 g/mol. The van der Waals surface area contributed by atoms with Gasteiger partial charge in [-0.25, -0.2) is 4.98 Å². The first-order valence-corrected chi connectivity index (χ1v) is 8.18. The number of nitrogens with one attached hydrogen (secondary N) is 1. The van der Waals surface area contributed by atoms with Gasteiger partial charge in [0.25, 0.3) is 5.03 Å². The van der Waals surface area contributed by atoms with Crippen LogP contribution >= 0.6 is 11.8 Å². The number of hydrogen-bond donors (Lipinski definition) is 0. The number of aromatic nitrogens is 1. The lowest BCUT2D eigenvalue weighted by atomic mass is 10.00. The highest BCUT2D eigenvalue weighted by atomic mass is 32.2. The Morgan fingerprint density at radius 1 is 1.29 bits per heavy atom. The molecule has 1 aromatic carbocycles. The maximum Gasteiger partial charge on any atom is 0.256 e. The summed E-state index contributed by atoms with van der Waals surface area (Å²) in [6.45, 7) is 0. The van der Waals surface area contributed by atoms with Gasteiger partial charge in [-0.05, 0) is 36.8 Å². The number of thioether (sulfide) groups is 1. The predicted octanol–water partition coefficient (Wildman–Crippen LogP) is 3.65. The molecular weight excluding hydrogens is 280 g/mol. The van der Waals surface area contributed by atoms with E-state index >= 15 is 0 Å². The number of pyridine rings is 1. The molecule has 1 aliphatic carbocycles. The molecular formula is C17H17N2OS+. The second-order valence-electron chi connectivity index (χ2n) is 5.16. The van der Waals surface area contributed by atoms with Crippen LogP contribution < -0.4 is 9.72 Å². The molecule has 0 bridgehead atoms. The van der Waals surface area contributed by atoms with Crippen molar-refractivity contribution < 1.29 is 9.72 Å². The van der Waals surface area contributed by atoms with Crippen LogP contribution in [-0.4, -0.2) is 13.4 Å². The van der Waals surface area contributed by atoms with Crippen molar-refractivity contribution in [1.82, 2.24) is 0 Å². The fourth-order valence-corrected chi connectivity index (χ4v) is 3.04. The molecule has 3 nitrogen and oxygen atoms in total. The van der Waals surface area contributed by atoms with E-state index in [4.69, 9.17) is 4.74 Å². The largest absolute Gasteiger partial charge is 0.497 e. The summed E-state index contributed by atoms with van der Waals surface area (Å²) in [4.78, 5) is 3.42. The Kier molecular flexibility index (Phi) is 3.85. The molecule has 1 N–H and O–H groups in total. The third kappa shape index (κ3) is 2.74. The van der Waals surface area contributed by atoms with Crippen molar-refractivity contribution in [3.63, 3.8) is 0 Å². The molecule has 0 saturated heterocycles. The third-order valence-electron chi connectivity index (χ3n) is 3.79. The molecule has 1 aromatic heterocycles. The van der Waals surface area contributed by atoms with Crippen molar-refractivity contribution in [2.45, 2.75) is 23.8 Å². The van der Waals surface area contributed by atoms with Gasteiger partial charge in [0.15, 0.2) is 5.69 Å². The van der Waals surface area contributed by atoms with Gasteiger partial charge in [0.2, 0.25) is 0 Å². The van der Waals surface area contributed by atoms with Gasteiger partial charge >= 0.3 is 0 Å². The summed E-state index contributed by atoms with van der Waals surface area (Å²) in [7, 11) is 1.66. The highest BCUT2D eigenvalue weighted by molar-refractivity contribution is 7.98. The lowest BCUT2D eigenvalue weighted by Crippen LogP contribution is -2.15. The van der Waals surface area contributed by atoms with Crippen molar-refractivity contribution in [2.75, 3.05) is 13.4 Å². The van der Waals surface area contributed by atoms with Crippen LogP contribution in [0.2, 0.25) is 0 Å². The van der Waals surface area contributed by atoms with Crippen LogP contribution in [0, 0.1) is 11.3 Å². The Morgan fingerprint density at radius 2 is 2.00 bits per heavy atom. The van der Waals surface area contributed by atoms with Crippen LogP contribution in [0.5, 0.6) is 5.75 Å². The molecule has 1 heterocycles. The van der Waals surface area contributed by atoms with Gasteiger partial charge < -0.3 is 4.74 Å². The highest BCUT2D eigenvalue weighted by Gasteiger charge is 2.32. The lowest BCUT2D eigenvalue weighted by molar-refractivity contribution is -0.438. The third-order valence-corrected chi connectivity index (χ3v) is 4.50. The van der Waals surface area contributed by atoms with Gasteiger partial charge in [-0.2, -0.15) is 5.26 Å². The molecule has 21 heavy (non-hydrogen) atoms. The SMILES string of the molecule is COc1ccc(-c2cc(C3CC3)[nH+]c(SC)c2C#N)cc1. The Labute approximate surface area is 129 Å². The van der Waals surface area contributed by atoms with Gasteiger partial charge in [-0.1, -0.05) is 23.9 Å². The molecule has 0 amide bonds. The Bertz CT molecular complexity index is 700. The van der Waals surface area contributed by atoms with Gasteiger partial charge in [0.05, 0.1) is 7.11 Å². The fourth-order valence-electron chi connectivity index (χ4n) is 2.46. The summed E-state index contributed by atoms with van der Waals surface area (Å²) in [5.41, 5.74) is 4.02. The minimum absolute atomic E-state index is 0.626. The number of rotatable bonds is 4. The van der Waals surface area contributed by atoms with Crippen LogP contribution in [0.1, 0.15) is 30.0 Å². The number of nitriles is 1. The van der Waals surface area contributed by atoms with Gasteiger partial charge in [0.1, 0.15) is 17.4 Å². The van der Waals surface area contributed by atoms with Crippen molar-refractivity contribution >= 4 is 11.8 Å². The molecule has 2 aromatic rings.